The summed E-state index contributed by atoms with van der Waals surface area (Å²) in [6.07, 6.45) is 8.70. The Labute approximate surface area is 185 Å². The van der Waals surface area contributed by atoms with Gasteiger partial charge in [0.2, 0.25) is 11.8 Å². The van der Waals surface area contributed by atoms with Crippen LogP contribution in [0, 0.1) is 5.92 Å². The maximum atomic E-state index is 12.6. The van der Waals surface area contributed by atoms with Crippen molar-refractivity contribution in [3.8, 4) is 0 Å². The summed E-state index contributed by atoms with van der Waals surface area (Å²) in [4.78, 5) is 37.1. The van der Waals surface area contributed by atoms with Crippen LogP contribution in [-0.2, 0) is 9.59 Å². The van der Waals surface area contributed by atoms with Crippen LogP contribution in [0.1, 0.15) is 75.6 Å². The number of amides is 2. The number of unbranched alkanes of at least 4 members (excludes halogenated alkanes) is 6. The molecule has 2 aromatic rings. The molecule has 5 nitrogen and oxygen atoms in total. The van der Waals surface area contributed by atoms with E-state index in [4.69, 9.17) is 0 Å². The van der Waals surface area contributed by atoms with Crippen LogP contribution in [0.3, 0.4) is 0 Å². The van der Waals surface area contributed by atoms with Gasteiger partial charge in [0.15, 0.2) is 5.78 Å². The fourth-order valence-electron chi connectivity index (χ4n) is 3.33. The van der Waals surface area contributed by atoms with Crippen LogP contribution in [0.2, 0.25) is 0 Å². The SMILES string of the molecule is CCCCCCCCCC(=O)Nc1ccc(C(=O)C(C)C(=O)Nc2ccccc2)cc1. The van der Waals surface area contributed by atoms with Crippen LogP contribution in [0.15, 0.2) is 54.6 Å². The summed E-state index contributed by atoms with van der Waals surface area (Å²) in [5.41, 5.74) is 1.76. The summed E-state index contributed by atoms with van der Waals surface area (Å²) in [7, 11) is 0. The van der Waals surface area contributed by atoms with E-state index in [2.05, 4.69) is 17.6 Å². The third-order valence-electron chi connectivity index (χ3n) is 5.29. The predicted molar refractivity (Wildman–Crippen MR) is 126 cm³/mol. The van der Waals surface area contributed by atoms with Gasteiger partial charge in [-0.05, 0) is 49.7 Å². The van der Waals surface area contributed by atoms with Crippen molar-refractivity contribution >= 4 is 29.0 Å². The van der Waals surface area contributed by atoms with Gasteiger partial charge < -0.3 is 10.6 Å². The van der Waals surface area contributed by atoms with E-state index >= 15 is 0 Å². The lowest BCUT2D eigenvalue weighted by Gasteiger charge is -2.12. The highest BCUT2D eigenvalue weighted by Crippen LogP contribution is 2.16. The number of nitrogens with one attached hydrogen (secondary N) is 2. The normalized spacial score (nSPS) is 11.5. The van der Waals surface area contributed by atoms with E-state index < -0.39 is 5.92 Å². The fraction of sp³-hybridized carbons (Fsp3) is 0.423. The molecular weight excluding hydrogens is 388 g/mol. The average molecular weight is 423 g/mol. The number of para-hydroxylation sites is 1. The van der Waals surface area contributed by atoms with Crippen LogP contribution >= 0.6 is 0 Å². The van der Waals surface area contributed by atoms with Gasteiger partial charge in [-0.1, -0.05) is 63.6 Å². The second-order valence-electron chi connectivity index (χ2n) is 7.94. The molecule has 1 unspecified atom stereocenters. The summed E-state index contributed by atoms with van der Waals surface area (Å²) in [5.74, 6) is -1.42. The number of ketones is 1. The summed E-state index contributed by atoms with van der Waals surface area (Å²) < 4.78 is 0. The Morgan fingerprint density at radius 3 is 1.97 bits per heavy atom. The van der Waals surface area contributed by atoms with Gasteiger partial charge in [-0.3, -0.25) is 14.4 Å². The maximum absolute atomic E-state index is 12.6. The average Bonchev–Trinajstić information content (AvgIpc) is 2.78. The van der Waals surface area contributed by atoms with Crippen molar-refractivity contribution in [1.29, 1.82) is 0 Å². The number of carbonyl (C=O) groups is 3. The molecule has 5 heteroatoms. The van der Waals surface area contributed by atoms with Crippen molar-refractivity contribution in [3.05, 3.63) is 60.2 Å². The molecule has 1 atom stereocenters. The van der Waals surface area contributed by atoms with Gasteiger partial charge in [0, 0.05) is 23.4 Å². The van der Waals surface area contributed by atoms with E-state index in [0.717, 1.165) is 12.8 Å². The quantitative estimate of drug-likeness (QED) is 0.228. The van der Waals surface area contributed by atoms with Gasteiger partial charge in [0.05, 0.1) is 5.92 Å². The second-order valence-corrected chi connectivity index (χ2v) is 7.94. The number of Topliss-reactive ketones (excluding diaryl/α,β-unsaturated/α-hetero) is 1. The molecule has 31 heavy (non-hydrogen) atoms. The lowest BCUT2D eigenvalue weighted by molar-refractivity contribution is -0.118. The Morgan fingerprint density at radius 1 is 0.742 bits per heavy atom. The van der Waals surface area contributed by atoms with Crippen molar-refractivity contribution < 1.29 is 14.4 Å². The van der Waals surface area contributed by atoms with Gasteiger partial charge >= 0.3 is 0 Å². The fourth-order valence-corrected chi connectivity index (χ4v) is 3.33. The third-order valence-corrected chi connectivity index (χ3v) is 5.29. The number of hydrogen-bond acceptors (Lipinski definition) is 3. The molecule has 0 bridgehead atoms. The standard InChI is InChI=1S/C26H34N2O3/c1-3-4-5-6-7-8-12-15-24(29)27-23-18-16-21(17-19-23)25(30)20(2)26(31)28-22-13-10-9-11-14-22/h9-11,13-14,16-20H,3-8,12,15H2,1-2H3,(H,27,29)(H,28,31). The van der Waals surface area contributed by atoms with Crippen LogP contribution in [-0.4, -0.2) is 17.6 Å². The molecule has 2 aromatic carbocycles. The Kier molecular flexibility index (Phi) is 10.5. The highest BCUT2D eigenvalue weighted by molar-refractivity contribution is 6.13. The van der Waals surface area contributed by atoms with Crippen LogP contribution in [0.5, 0.6) is 0 Å². The third kappa shape index (κ3) is 8.75. The van der Waals surface area contributed by atoms with Gasteiger partial charge in [-0.15, -0.1) is 0 Å². The first-order valence-electron chi connectivity index (χ1n) is 11.3. The zero-order valence-electron chi connectivity index (χ0n) is 18.7. The second kappa shape index (κ2) is 13.4. The number of hydrogen-bond donors (Lipinski definition) is 2. The molecule has 0 aliphatic carbocycles. The Balaban J connectivity index is 1.76. The zero-order valence-corrected chi connectivity index (χ0v) is 18.7. The van der Waals surface area contributed by atoms with E-state index in [0.29, 0.717) is 23.4 Å². The van der Waals surface area contributed by atoms with Crippen LogP contribution < -0.4 is 10.6 Å². The van der Waals surface area contributed by atoms with E-state index in [-0.39, 0.29) is 17.6 Å². The highest BCUT2D eigenvalue weighted by atomic mass is 16.2. The molecule has 0 saturated carbocycles. The molecule has 166 valence electrons. The maximum Gasteiger partial charge on any atom is 0.235 e. The topological polar surface area (TPSA) is 75.3 Å². The Morgan fingerprint density at radius 2 is 1.32 bits per heavy atom. The molecule has 0 aliphatic heterocycles. The Hall–Kier alpha value is -2.95. The van der Waals surface area contributed by atoms with E-state index in [9.17, 15) is 14.4 Å². The largest absolute Gasteiger partial charge is 0.326 e. The smallest absolute Gasteiger partial charge is 0.235 e. The van der Waals surface area contributed by atoms with E-state index in [1.54, 1.807) is 43.3 Å². The first kappa shape index (κ1) is 24.3. The van der Waals surface area contributed by atoms with Gasteiger partial charge in [0.1, 0.15) is 0 Å². The van der Waals surface area contributed by atoms with E-state index in [1.807, 2.05) is 18.2 Å². The number of benzene rings is 2. The first-order chi connectivity index (χ1) is 15.0. The number of carbonyl (C=O) groups excluding carboxylic acids is 3. The molecule has 0 aromatic heterocycles. The minimum atomic E-state index is -0.807. The minimum Gasteiger partial charge on any atom is -0.326 e. The number of rotatable bonds is 13. The van der Waals surface area contributed by atoms with E-state index in [1.165, 1.54) is 32.1 Å². The molecule has 2 rings (SSSR count). The Bertz CT molecular complexity index is 831. The molecule has 0 heterocycles. The number of anilines is 2. The highest BCUT2D eigenvalue weighted by Gasteiger charge is 2.22. The molecule has 0 spiro atoms. The van der Waals surface area contributed by atoms with Crippen molar-refractivity contribution in [2.45, 2.75) is 65.2 Å². The molecule has 0 fully saturated rings. The summed E-state index contributed by atoms with van der Waals surface area (Å²) in [6.45, 7) is 3.80. The molecule has 0 radical (unpaired) electrons. The lowest BCUT2D eigenvalue weighted by atomic mass is 9.98. The van der Waals surface area contributed by atoms with Crippen LogP contribution in [0.4, 0.5) is 11.4 Å². The van der Waals surface area contributed by atoms with Gasteiger partial charge in [0.25, 0.3) is 0 Å². The molecular formula is C26H34N2O3. The van der Waals surface area contributed by atoms with Crippen LogP contribution in [0.25, 0.3) is 0 Å². The predicted octanol–water partition coefficient (Wildman–Crippen LogP) is 6.22. The summed E-state index contributed by atoms with van der Waals surface area (Å²) in [5, 5.41) is 5.63. The van der Waals surface area contributed by atoms with Crippen molar-refractivity contribution in [3.63, 3.8) is 0 Å². The molecule has 2 N–H and O–H groups in total. The molecule has 0 saturated heterocycles. The molecule has 0 aliphatic rings. The molecule has 2 amide bonds. The van der Waals surface area contributed by atoms with Crippen molar-refractivity contribution in [1.82, 2.24) is 0 Å². The van der Waals surface area contributed by atoms with Crippen molar-refractivity contribution in [2.24, 2.45) is 5.92 Å². The van der Waals surface area contributed by atoms with Gasteiger partial charge in [-0.25, -0.2) is 0 Å². The first-order valence-corrected chi connectivity index (χ1v) is 11.3. The summed E-state index contributed by atoms with van der Waals surface area (Å²) >= 11 is 0. The van der Waals surface area contributed by atoms with Gasteiger partial charge in [-0.2, -0.15) is 0 Å². The zero-order chi connectivity index (χ0) is 22.5. The van der Waals surface area contributed by atoms with Crippen molar-refractivity contribution in [2.75, 3.05) is 10.6 Å². The minimum absolute atomic E-state index is 0.0109. The monoisotopic (exact) mass is 422 g/mol. The summed E-state index contributed by atoms with van der Waals surface area (Å²) in [6, 6.07) is 15.8. The lowest BCUT2D eigenvalue weighted by Crippen LogP contribution is -2.27.